The molecule has 0 fully saturated rings. The van der Waals surface area contributed by atoms with Crippen molar-refractivity contribution in [1.29, 1.82) is 0 Å². The highest BCUT2D eigenvalue weighted by Gasteiger charge is 2.23. The van der Waals surface area contributed by atoms with Gasteiger partial charge in [0, 0.05) is 33.8 Å². The first kappa shape index (κ1) is 33.6. The van der Waals surface area contributed by atoms with Crippen LogP contribution < -0.4 is 4.90 Å². The molecule has 11 aromatic rings. The maximum atomic E-state index is 6.53. The molecule has 0 bridgehead atoms. The standard InChI is InChI=1S/C56H37NO/c1-3-15-38(16-4-1)40-29-31-44(32-30-40)57(45-33-34-50-49-25-11-12-28-54(49)58-55(50)37-45)53-27-14-26-51(56(53)43-21-13-20-41(35-43)39-17-5-2-6-18-39)52-36-42-19-7-8-22-46(42)47-23-9-10-24-48(47)52/h1-37H. The summed E-state index contributed by atoms with van der Waals surface area (Å²) in [7, 11) is 0. The summed E-state index contributed by atoms with van der Waals surface area (Å²) in [4.78, 5) is 2.40. The molecule has 0 saturated heterocycles. The average molecular weight is 740 g/mol. The first-order chi connectivity index (χ1) is 28.8. The highest BCUT2D eigenvalue weighted by atomic mass is 16.3. The number of benzene rings is 10. The van der Waals surface area contributed by atoms with Gasteiger partial charge in [-0.15, -0.1) is 0 Å². The molecule has 2 heteroatoms. The first-order valence-electron chi connectivity index (χ1n) is 19.8. The molecule has 272 valence electrons. The molecule has 0 unspecified atom stereocenters. The highest BCUT2D eigenvalue weighted by Crippen LogP contribution is 2.49. The predicted molar refractivity (Wildman–Crippen MR) is 245 cm³/mol. The summed E-state index contributed by atoms with van der Waals surface area (Å²) >= 11 is 0. The molecule has 0 saturated carbocycles. The average Bonchev–Trinajstić information content (AvgIpc) is 3.68. The molecule has 1 heterocycles. The van der Waals surface area contributed by atoms with Crippen LogP contribution >= 0.6 is 0 Å². The second kappa shape index (κ2) is 14.1. The van der Waals surface area contributed by atoms with Crippen molar-refractivity contribution in [2.75, 3.05) is 4.90 Å². The van der Waals surface area contributed by atoms with Crippen LogP contribution in [0.5, 0.6) is 0 Å². The van der Waals surface area contributed by atoms with E-state index in [0.717, 1.165) is 50.1 Å². The fraction of sp³-hybridized carbons (Fsp3) is 0. The molecule has 58 heavy (non-hydrogen) atoms. The number of rotatable bonds is 7. The van der Waals surface area contributed by atoms with Crippen molar-refractivity contribution in [2.45, 2.75) is 0 Å². The number of anilines is 3. The summed E-state index contributed by atoms with van der Waals surface area (Å²) in [5.41, 5.74) is 14.2. The van der Waals surface area contributed by atoms with Crippen LogP contribution in [0.3, 0.4) is 0 Å². The van der Waals surface area contributed by atoms with Gasteiger partial charge in [0.25, 0.3) is 0 Å². The van der Waals surface area contributed by atoms with Gasteiger partial charge in [0.05, 0.1) is 5.69 Å². The van der Waals surface area contributed by atoms with E-state index in [1.54, 1.807) is 0 Å². The maximum Gasteiger partial charge on any atom is 0.137 e. The van der Waals surface area contributed by atoms with Crippen molar-refractivity contribution in [3.63, 3.8) is 0 Å². The number of hydrogen-bond donors (Lipinski definition) is 0. The third kappa shape index (κ3) is 5.82. The van der Waals surface area contributed by atoms with Crippen molar-refractivity contribution in [3.05, 3.63) is 224 Å². The number of hydrogen-bond acceptors (Lipinski definition) is 2. The van der Waals surface area contributed by atoms with Gasteiger partial charge in [-0.2, -0.15) is 0 Å². The lowest BCUT2D eigenvalue weighted by molar-refractivity contribution is 0.669. The van der Waals surface area contributed by atoms with Gasteiger partial charge in [-0.05, 0) is 109 Å². The largest absolute Gasteiger partial charge is 0.456 e. The van der Waals surface area contributed by atoms with Gasteiger partial charge in [0.2, 0.25) is 0 Å². The van der Waals surface area contributed by atoms with Crippen LogP contribution in [0, 0.1) is 0 Å². The number of fused-ring (bicyclic) bond motifs is 6. The van der Waals surface area contributed by atoms with Crippen LogP contribution in [0.1, 0.15) is 0 Å². The summed E-state index contributed by atoms with van der Waals surface area (Å²) in [5.74, 6) is 0. The van der Waals surface area contributed by atoms with Gasteiger partial charge >= 0.3 is 0 Å². The quantitative estimate of drug-likeness (QED) is 0.151. The van der Waals surface area contributed by atoms with E-state index in [2.05, 4.69) is 217 Å². The van der Waals surface area contributed by atoms with Crippen LogP contribution in [-0.4, -0.2) is 0 Å². The normalized spacial score (nSPS) is 11.4. The third-order valence-electron chi connectivity index (χ3n) is 11.5. The van der Waals surface area contributed by atoms with E-state index in [4.69, 9.17) is 4.42 Å². The van der Waals surface area contributed by atoms with E-state index < -0.39 is 0 Å². The Bertz CT molecular complexity index is 3270. The minimum absolute atomic E-state index is 0.855. The Morgan fingerprint density at radius 2 is 0.862 bits per heavy atom. The molecule has 0 aliphatic carbocycles. The van der Waals surface area contributed by atoms with Crippen molar-refractivity contribution in [1.82, 2.24) is 0 Å². The molecule has 0 amide bonds. The van der Waals surface area contributed by atoms with Gasteiger partial charge in [-0.25, -0.2) is 0 Å². The zero-order chi connectivity index (χ0) is 38.4. The molecule has 0 N–H and O–H groups in total. The molecule has 11 rings (SSSR count). The number of furan rings is 1. The van der Waals surface area contributed by atoms with Crippen LogP contribution in [-0.2, 0) is 0 Å². The third-order valence-corrected chi connectivity index (χ3v) is 11.5. The second-order valence-corrected chi connectivity index (χ2v) is 14.9. The van der Waals surface area contributed by atoms with E-state index in [9.17, 15) is 0 Å². The Morgan fingerprint density at radius 3 is 1.66 bits per heavy atom. The Kier molecular flexibility index (Phi) is 8.19. The molecule has 0 aliphatic rings. The van der Waals surface area contributed by atoms with Crippen molar-refractivity contribution >= 4 is 60.5 Å². The minimum atomic E-state index is 0.855. The molecule has 0 atom stereocenters. The van der Waals surface area contributed by atoms with Gasteiger partial charge < -0.3 is 9.32 Å². The van der Waals surface area contributed by atoms with Crippen molar-refractivity contribution < 1.29 is 4.42 Å². The highest BCUT2D eigenvalue weighted by molar-refractivity contribution is 6.16. The van der Waals surface area contributed by atoms with Crippen molar-refractivity contribution in [2.24, 2.45) is 0 Å². The molecule has 0 aliphatic heterocycles. The fourth-order valence-electron chi connectivity index (χ4n) is 8.73. The Labute approximate surface area is 337 Å². The zero-order valence-electron chi connectivity index (χ0n) is 31.7. The molecule has 0 radical (unpaired) electrons. The minimum Gasteiger partial charge on any atom is -0.456 e. The van der Waals surface area contributed by atoms with Crippen LogP contribution in [0.2, 0.25) is 0 Å². The van der Waals surface area contributed by atoms with Gasteiger partial charge in [0.15, 0.2) is 0 Å². The Hall–Kier alpha value is -7.68. The van der Waals surface area contributed by atoms with E-state index >= 15 is 0 Å². The van der Waals surface area contributed by atoms with Crippen LogP contribution in [0.15, 0.2) is 229 Å². The monoisotopic (exact) mass is 739 g/mol. The van der Waals surface area contributed by atoms with Crippen LogP contribution in [0.4, 0.5) is 17.1 Å². The smallest absolute Gasteiger partial charge is 0.137 e. The topological polar surface area (TPSA) is 16.4 Å². The first-order valence-corrected chi connectivity index (χ1v) is 19.8. The summed E-state index contributed by atoms with van der Waals surface area (Å²) in [5, 5.41) is 7.16. The lowest BCUT2D eigenvalue weighted by Crippen LogP contribution is -2.12. The van der Waals surface area contributed by atoms with Gasteiger partial charge in [0.1, 0.15) is 11.2 Å². The molecule has 10 aromatic carbocycles. The Morgan fingerprint density at radius 1 is 0.293 bits per heavy atom. The lowest BCUT2D eigenvalue weighted by atomic mass is 9.87. The Balaban J connectivity index is 1.21. The van der Waals surface area contributed by atoms with Gasteiger partial charge in [-0.3, -0.25) is 0 Å². The number of nitrogens with zero attached hydrogens (tertiary/aromatic N) is 1. The molecule has 1 aromatic heterocycles. The molecule has 2 nitrogen and oxygen atoms in total. The molecular formula is C56H37NO. The molecule has 0 spiro atoms. The predicted octanol–water partition coefficient (Wildman–Crippen LogP) is 16.0. The summed E-state index contributed by atoms with van der Waals surface area (Å²) < 4.78 is 6.53. The fourth-order valence-corrected chi connectivity index (χ4v) is 8.73. The maximum absolute atomic E-state index is 6.53. The summed E-state index contributed by atoms with van der Waals surface area (Å²) in [6, 6.07) is 80.8. The van der Waals surface area contributed by atoms with Crippen LogP contribution in [0.25, 0.3) is 88.0 Å². The molecular weight excluding hydrogens is 703 g/mol. The second-order valence-electron chi connectivity index (χ2n) is 14.9. The van der Waals surface area contributed by atoms with E-state index in [1.807, 2.05) is 12.1 Å². The van der Waals surface area contributed by atoms with E-state index in [0.29, 0.717) is 0 Å². The van der Waals surface area contributed by atoms with E-state index in [-0.39, 0.29) is 0 Å². The SMILES string of the molecule is c1ccc(-c2ccc(N(c3ccc4c(c3)oc3ccccc34)c3cccc(-c4cc5ccccc5c5ccccc45)c3-c3cccc(-c4ccccc4)c3)cc2)cc1. The van der Waals surface area contributed by atoms with Gasteiger partial charge in [-0.1, -0.05) is 170 Å². The number of para-hydroxylation sites is 1. The summed E-state index contributed by atoms with van der Waals surface area (Å²) in [6.07, 6.45) is 0. The van der Waals surface area contributed by atoms with Crippen molar-refractivity contribution in [3.8, 4) is 44.5 Å². The zero-order valence-corrected chi connectivity index (χ0v) is 31.7. The lowest BCUT2D eigenvalue weighted by Gasteiger charge is -2.30. The summed E-state index contributed by atoms with van der Waals surface area (Å²) in [6.45, 7) is 0. The van der Waals surface area contributed by atoms with E-state index in [1.165, 1.54) is 54.9 Å².